The molecule has 8 aromatic rings. The van der Waals surface area contributed by atoms with Crippen LogP contribution in [0.4, 0.5) is 0 Å². The lowest BCUT2D eigenvalue weighted by Gasteiger charge is -2.25. The van der Waals surface area contributed by atoms with Crippen molar-refractivity contribution < 1.29 is 0 Å². The van der Waals surface area contributed by atoms with Gasteiger partial charge in [0.05, 0.1) is 16.7 Å². The average Bonchev–Trinajstić information content (AvgIpc) is 3.64. The number of hydrogen-bond donors (Lipinski definition) is 2. The third-order valence-corrected chi connectivity index (χ3v) is 9.92. The highest BCUT2D eigenvalue weighted by Crippen LogP contribution is 2.38. The first-order valence-electron chi connectivity index (χ1n) is 17.5. The molecule has 0 saturated carbocycles. The fourth-order valence-corrected chi connectivity index (χ4v) is 7.38. The minimum absolute atomic E-state index is 0.209. The molecule has 0 spiro atoms. The van der Waals surface area contributed by atoms with Crippen molar-refractivity contribution in [3.63, 3.8) is 0 Å². The highest BCUT2D eigenvalue weighted by Gasteiger charge is 2.22. The van der Waals surface area contributed by atoms with Gasteiger partial charge in [0.15, 0.2) is 0 Å². The highest BCUT2D eigenvalue weighted by atomic mass is 15.1. The van der Waals surface area contributed by atoms with Crippen molar-refractivity contribution in [1.82, 2.24) is 14.9 Å². The standard InChI is InChI=1S/C47H35N5/c1-31-41(30-48)39-25-11-12-26-40(39)44-45(31)52(47(51-44)34-19-9-4-10-20-34)38-24-14-22-36(28-38)35-21-13-23-37(27-35)43-29-42(32-15-5-2-6-16-32)49-46(50-43)33-17-7-3-8-18-33/h2-30,46,48,50H,1H3. The number of aliphatic imine (C=N–C) groups is 1. The third-order valence-electron chi connectivity index (χ3n) is 9.92. The predicted molar refractivity (Wildman–Crippen MR) is 215 cm³/mol. The summed E-state index contributed by atoms with van der Waals surface area (Å²) in [6.07, 6.45) is 3.42. The van der Waals surface area contributed by atoms with Crippen molar-refractivity contribution in [2.24, 2.45) is 4.99 Å². The van der Waals surface area contributed by atoms with Crippen LogP contribution in [0.3, 0.4) is 0 Å². The summed E-state index contributed by atoms with van der Waals surface area (Å²) in [7, 11) is 0. The molecule has 0 amide bonds. The van der Waals surface area contributed by atoms with Crippen LogP contribution in [-0.2, 0) is 0 Å². The van der Waals surface area contributed by atoms with E-state index in [4.69, 9.17) is 15.4 Å². The van der Waals surface area contributed by atoms with Gasteiger partial charge in [-0.15, -0.1) is 0 Å². The molecule has 1 unspecified atom stereocenters. The molecule has 5 nitrogen and oxygen atoms in total. The molecule has 1 atom stereocenters. The second-order valence-corrected chi connectivity index (χ2v) is 13.1. The molecule has 1 aliphatic rings. The van der Waals surface area contributed by atoms with Gasteiger partial charge in [-0.3, -0.25) is 9.56 Å². The van der Waals surface area contributed by atoms with Gasteiger partial charge in [0, 0.05) is 34.1 Å². The van der Waals surface area contributed by atoms with E-state index in [1.165, 1.54) is 6.21 Å². The van der Waals surface area contributed by atoms with Gasteiger partial charge in [0.2, 0.25) is 0 Å². The van der Waals surface area contributed by atoms with Crippen molar-refractivity contribution in [1.29, 1.82) is 5.41 Å². The molecule has 0 bridgehead atoms. The first-order chi connectivity index (χ1) is 25.7. The van der Waals surface area contributed by atoms with Crippen LogP contribution in [0.25, 0.3) is 55.7 Å². The second-order valence-electron chi connectivity index (χ2n) is 13.1. The number of fused-ring (bicyclic) bond motifs is 3. The Balaban J connectivity index is 1.18. The van der Waals surface area contributed by atoms with Crippen LogP contribution in [0, 0.1) is 12.3 Å². The second kappa shape index (κ2) is 13.1. The van der Waals surface area contributed by atoms with Gasteiger partial charge in [0.1, 0.15) is 12.0 Å². The Labute approximate surface area is 302 Å². The minimum atomic E-state index is -0.209. The summed E-state index contributed by atoms with van der Waals surface area (Å²) in [5.41, 5.74) is 13.4. The Bertz CT molecular complexity index is 2670. The summed E-state index contributed by atoms with van der Waals surface area (Å²) in [4.78, 5) is 10.4. The number of nitrogens with one attached hydrogen (secondary N) is 2. The molecular formula is C47H35N5. The summed E-state index contributed by atoms with van der Waals surface area (Å²) >= 11 is 0. The van der Waals surface area contributed by atoms with Gasteiger partial charge < -0.3 is 10.7 Å². The van der Waals surface area contributed by atoms with E-state index < -0.39 is 0 Å². The Morgan fingerprint density at radius 1 is 0.615 bits per heavy atom. The molecular weight excluding hydrogens is 635 g/mol. The molecule has 0 fully saturated rings. The number of allylic oxidation sites excluding steroid dienone is 1. The van der Waals surface area contributed by atoms with E-state index in [1.54, 1.807) is 0 Å². The van der Waals surface area contributed by atoms with Crippen LogP contribution in [0.1, 0.15) is 34.0 Å². The lowest BCUT2D eigenvalue weighted by molar-refractivity contribution is 0.664. The number of aromatic nitrogens is 2. The van der Waals surface area contributed by atoms with E-state index in [-0.39, 0.29) is 6.17 Å². The van der Waals surface area contributed by atoms with E-state index in [0.717, 1.165) is 89.2 Å². The van der Waals surface area contributed by atoms with Gasteiger partial charge in [-0.1, -0.05) is 146 Å². The normalized spacial score (nSPS) is 14.1. The van der Waals surface area contributed by atoms with Crippen LogP contribution < -0.4 is 5.32 Å². The van der Waals surface area contributed by atoms with Crippen LogP contribution in [0.15, 0.2) is 175 Å². The molecule has 248 valence electrons. The van der Waals surface area contributed by atoms with Crippen molar-refractivity contribution in [2.45, 2.75) is 13.1 Å². The van der Waals surface area contributed by atoms with E-state index in [1.807, 2.05) is 30.3 Å². The fraction of sp³-hybridized carbons (Fsp3) is 0.0426. The van der Waals surface area contributed by atoms with Gasteiger partial charge in [-0.25, -0.2) is 4.98 Å². The number of benzene rings is 7. The van der Waals surface area contributed by atoms with Crippen LogP contribution in [0.2, 0.25) is 0 Å². The molecule has 0 aliphatic carbocycles. The maximum absolute atomic E-state index is 8.39. The zero-order chi connectivity index (χ0) is 35.0. The van der Waals surface area contributed by atoms with Gasteiger partial charge in [-0.05, 0) is 70.0 Å². The molecule has 52 heavy (non-hydrogen) atoms. The highest BCUT2D eigenvalue weighted by molar-refractivity contribution is 6.15. The summed E-state index contributed by atoms with van der Waals surface area (Å²) < 4.78 is 2.27. The van der Waals surface area contributed by atoms with Crippen LogP contribution in [-0.4, -0.2) is 21.5 Å². The van der Waals surface area contributed by atoms with Gasteiger partial charge >= 0.3 is 0 Å². The molecule has 7 aromatic carbocycles. The molecule has 1 aliphatic heterocycles. The SMILES string of the molecule is Cc1c(C=N)c2ccccc2c2nc(-c3ccccc3)n(-c3cccc(-c4cccc(C5=CC(c6ccccc6)=NC(c6ccccc6)N5)c4)c3)c12. The van der Waals surface area contributed by atoms with Gasteiger partial charge in [-0.2, -0.15) is 0 Å². The Kier molecular flexibility index (Phi) is 7.86. The van der Waals surface area contributed by atoms with Gasteiger partial charge in [0.25, 0.3) is 0 Å². The lowest BCUT2D eigenvalue weighted by atomic mass is 9.97. The maximum Gasteiger partial charge on any atom is 0.145 e. The molecule has 2 N–H and O–H groups in total. The zero-order valence-corrected chi connectivity index (χ0v) is 28.7. The smallest absolute Gasteiger partial charge is 0.145 e. The maximum atomic E-state index is 8.39. The Morgan fingerprint density at radius 3 is 1.94 bits per heavy atom. The lowest BCUT2D eigenvalue weighted by Crippen LogP contribution is -2.24. The topological polar surface area (TPSA) is 66.1 Å². The van der Waals surface area contributed by atoms with E-state index in [2.05, 4.69) is 156 Å². The molecule has 9 rings (SSSR count). The predicted octanol–water partition coefficient (Wildman–Crippen LogP) is 11.0. The zero-order valence-electron chi connectivity index (χ0n) is 28.7. The quantitative estimate of drug-likeness (QED) is 0.166. The molecule has 1 aromatic heterocycles. The fourth-order valence-electron chi connectivity index (χ4n) is 7.38. The molecule has 0 saturated heterocycles. The number of nitrogens with zero attached hydrogens (tertiary/aromatic N) is 3. The van der Waals surface area contributed by atoms with Crippen molar-refractivity contribution in [3.05, 3.63) is 198 Å². The summed E-state index contributed by atoms with van der Waals surface area (Å²) in [5.74, 6) is 0.869. The first kappa shape index (κ1) is 31.2. The van der Waals surface area contributed by atoms with E-state index in [0.29, 0.717) is 0 Å². The molecule has 0 radical (unpaired) electrons. The Morgan fingerprint density at radius 2 is 1.21 bits per heavy atom. The largest absolute Gasteiger partial charge is 0.360 e. The summed E-state index contributed by atoms with van der Waals surface area (Å²) in [6, 6.07) is 56.8. The number of hydrogen-bond acceptors (Lipinski definition) is 4. The molecule has 2 heterocycles. The first-order valence-corrected chi connectivity index (χ1v) is 17.5. The third kappa shape index (κ3) is 5.49. The van der Waals surface area contributed by atoms with Crippen molar-refractivity contribution >= 4 is 39.4 Å². The van der Waals surface area contributed by atoms with E-state index in [9.17, 15) is 0 Å². The Hall–Kier alpha value is -6.85. The monoisotopic (exact) mass is 669 g/mol. The summed E-state index contributed by atoms with van der Waals surface area (Å²) in [6.45, 7) is 2.11. The summed E-state index contributed by atoms with van der Waals surface area (Å²) in [5, 5.41) is 14.2. The van der Waals surface area contributed by atoms with Crippen LogP contribution in [0.5, 0.6) is 0 Å². The van der Waals surface area contributed by atoms with Crippen molar-refractivity contribution in [2.75, 3.05) is 0 Å². The molecule has 5 heteroatoms. The number of rotatable bonds is 7. The van der Waals surface area contributed by atoms with Crippen LogP contribution >= 0.6 is 0 Å². The number of aryl methyl sites for hydroxylation is 1. The van der Waals surface area contributed by atoms with E-state index >= 15 is 0 Å². The number of imidazole rings is 1. The average molecular weight is 670 g/mol. The minimum Gasteiger partial charge on any atom is -0.360 e. The van der Waals surface area contributed by atoms with Crippen molar-refractivity contribution in [3.8, 4) is 28.2 Å².